The van der Waals surface area contributed by atoms with Gasteiger partial charge in [0.15, 0.2) is 11.3 Å². The molecule has 0 amide bonds. The average molecular weight is 639 g/mol. The van der Waals surface area contributed by atoms with Gasteiger partial charge in [-0.2, -0.15) is 0 Å². The van der Waals surface area contributed by atoms with E-state index in [1.54, 1.807) is 55.2 Å². The molecule has 8 aromatic heterocycles. The molecule has 0 aliphatic heterocycles. The van der Waals surface area contributed by atoms with Crippen LogP contribution in [0.5, 0.6) is 0 Å². The Kier molecular flexibility index (Phi) is 7.25. The molecule has 48 heavy (non-hydrogen) atoms. The van der Waals surface area contributed by atoms with Crippen molar-refractivity contribution >= 4 is 22.3 Å². The van der Waals surface area contributed by atoms with Crippen LogP contribution in [0.2, 0.25) is 0 Å². The number of pyridine rings is 6. The van der Waals surface area contributed by atoms with Crippen LogP contribution >= 0.6 is 0 Å². The molecule has 11 nitrogen and oxygen atoms in total. The largest absolute Gasteiger partial charge is 0.340 e. The predicted octanol–water partition coefficient (Wildman–Crippen LogP) is 6.61. The van der Waals surface area contributed by atoms with Gasteiger partial charge in [0.05, 0.1) is 34.8 Å². The third-order valence-electron chi connectivity index (χ3n) is 7.95. The van der Waals surface area contributed by atoms with Crippen LogP contribution in [0.15, 0.2) is 103 Å². The molecule has 0 radical (unpaired) electrons. The van der Waals surface area contributed by atoms with Crippen molar-refractivity contribution in [1.82, 2.24) is 49.8 Å². The number of aromatic nitrogens is 10. The van der Waals surface area contributed by atoms with Crippen molar-refractivity contribution in [2.24, 2.45) is 0 Å². The monoisotopic (exact) mass is 638 g/mol. The molecule has 1 fully saturated rings. The zero-order valence-corrected chi connectivity index (χ0v) is 25.0. The van der Waals surface area contributed by atoms with Crippen molar-refractivity contribution in [1.29, 1.82) is 0 Å². The quantitative estimate of drug-likeness (QED) is 0.190. The van der Waals surface area contributed by atoms with Crippen molar-refractivity contribution in [2.45, 2.75) is 18.8 Å². The lowest BCUT2D eigenvalue weighted by molar-refractivity contribution is 0.624. The molecule has 13 heteroatoms. The molecule has 9 rings (SSSR count). The lowest BCUT2D eigenvalue weighted by atomic mass is 10.0. The maximum absolute atomic E-state index is 14.4. The Balaban J connectivity index is 0.000000141. The first-order valence-electron chi connectivity index (χ1n) is 15.1. The van der Waals surface area contributed by atoms with Crippen LogP contribution in [0.4, 0.5) is 8.78 Å². The lowest BCUT2D eigenvalue weighted by Crippen LogP contribution is -1.99. The van der Waals surface area contributed by atoms with E-state index in [9.17, 15) is 13.6 Å². The number of fused-ring (bicyclic) bond motifs is 2. The van der Waals surface area contributed by atoms with Gasteiger partial charge < -0.3 is 9.97 Å². The summed E-state index contributed by atoms with van der Waals surface area (Å²) in [7, 11) is 0. The zero-order chi connectivity index (χ0) is 32.6. The normalized spacial score (nSPS) is 12.6. The van der Waals surface area contributed by atoms with Crippen LogP contribution < -0.4 is 5.69 Å². The SMILES string of the molecule is Fc1cnccc1-c1cc2[nH]c(C3CC3)nc2nc1-c1cccnc1.O=c1[nH]c2cc(-c3ccncc3F)c(-c3cccnc3)nc2[nH]1. The Bertz CT molecular complexity index is 2470. The Morgan fingerprint density at radius 1 is 0.604 bits per heavy atom. The smallest absolute Gasteiger partial charge is 0.325 e. The molecule has 1 aliphatic carbocycles. The van der Waals surface area contributed by atoms with E-state index in [4.69, 9.17) is 4.98 Å². The van der Waals surface area contributed by atoms with Gasteiger partial charge in [-0.05, 0) is 61.4 Å². The van der Waals surface area contributed by atoms with Gasteiger partial charge in [0.2, 0.25) is 0 Å². The molecule has 0 bridgehead atoms. The number of rotatable bonds is 5. The molecule has 234 valence electrons. The average Bonchev–Trinajstić information content (AvgIpc) is 3.78. The summed E-state index contributed by atoms with van der Waals surface area (Å²) in [5, 5.41) is 0. The Morgan fingerprint density at radius 3 is 1.75 bits per heavy atom. The summed E-state index contributed by atoms with van der Waals surface area (Å²) in [6, 6.07) is 14.2. The molecular formula is C35H24F2N10O. The number of hydrogen-bond acceptors (Lipinski definition) is 8. The van der Waals surface area contributed by atoms with Crippen LogP contribution in [-0.2, 0) is 0 Å². The minimum absolute atomic E-state index is 0.357. The first-order chi connectivity index (χ1) is 23.5. The first-order valence-corrected chi connectivity index (χ1v) is 15.1. The van der Waals surface area contributed by atoms with Gasteiger partial charge >= 0.3 is 5.69 Å². The highest BCUT2D eigenvalue weighted by Gasteiger charge is 2.27. The van der Waals surface area contributed by atoms with E-state index >= 15 is 0 Å². The highest BCUT2D eigenvalue weighted by molar-refractivity contribution is 5.89. The van der Waals surface area contributed by atoms with Gasteiger partial charge in [-0.1, -0.05) is 0 Å². The Labute approximate surface area is 270 Å². The zero-order valence-electron chi connectivity index (χ0n) is 25.0. The van der Waals surface area contributed by atoms with E-state index in [1.165, 1.54) is 12.4 Å². The van der Waals surface area contributed by atoms with Crippen molar-refractivity contribution < 1.29 is 8.78 Å². The maximum atomic E-state index is 14.4. The maximum Gasteiger partial charge on any atom is 0.325 e. The summed E-state index contributed by atoms with van der Waals surface area (Å²) in [6.07, 6.45) is 14.5. The predicted molar refractivity (Wildman–Crippen MR) is 175 cm³/mol. The second-order valence-corrected chi connectivity index (χ2v) is 11.2. The number of imidazole rings is 2. The Hall–Kier alpha value is -6.50. The molecule has 1 aliphatic rings. The second-order valence-electron chi connectivity index (χ2n) is 11.2. The number of nitrogens with one attached hydrogen (secondary N) is 3. The van der Waals surface area contributed by atoms with Crippen LogP contribution in [0.3, 0.4) is 0 Å². The highest BCUT2D eigenvalue weighted by atomic mass is 19.1. The first kappa shape index (κ1) is 28.9. The van der Waals surface area contributed by atoms with Gasteiger partial charge in [0, 0.05) is 76.5 Å². The highest BCUT2D eigenvalue weighted by Crippen LogP contribution is 2.40. The lowest BCUT2D eigenvalue weighted by Gasteiger charge is -2.10. The van der Waals surface area contributed by atoms with E-state index in [0.717, 1.165) is 41.5 Å². The summed E-state index contributed by atoms with van der Waals surface area (Å²) >= 11 is 0. The van der Waals surface area contributed by atoms with Crippen LogP contribution in [0.1, 0.15) is 24.6 Å². The molecule has 0 atom stereocenters. The van der Waals surface area contributed by atoms with E-state index in [0.29, 0.717) is 56.4 Å². The fourth-order valence-corrected chi connectivity index (χ4v) is 5.52. The van der Waals surface area contributed by atoms with Gasteiger partial charge in [0.25, 0.3) is 0 Å². The van der Waals surface area contributed by atoms with E-state index in [-0.39, 0.29) is 11.5 Å². The van der Waals surface area contributed by atoms with E-state index in [2.05, 4.69) is 44.9 Å². The van der Waals surface area contributed by atoms with Gasteiger partial charge in [0.1, 0.15) is 17.5 Å². The van der Waals surface area contributed by atoms with Gasteiger partial charge in [-0.15, -0.1) is 0 Å². The van der Waals surface area contributed by atoms with Crippen molar-refractivity contribution in [3.63, 3.8) is 0 Å². The minimum atomic E-state index is -0.461. The van der Waals surface area contributed by atoms with Gasteiger partial charge in [-0.25, -0.2) is 28.5 Å². The van der Waals surface area contributed by atoms with Crippen LogP contribution in [-0.4, -0.2) is 49.8 Å². The van der Waals surface area contributed by atoms with Crippen molar-refractivity contribution in [2.75, 3.05) is 0 Å². The minimum Gasteiger partial charge on any atom is -0.340 e. The summed E-state index contributed by atoms with van der Waals surface area (Å²) in [4.78, 5) is 49.8. The number of hydrogen-bond donors (Lipinski definition) is 3. The summed E-state index contributed by atoms with van der Waals surface area (Å²) in [6.45, 7) is 0. The van der Waals surface area contributed by atoms with E-state index < -0.39 is 5.82 Å². The molecule has 0 spiro atoms. The molecule has 0 saturated heterocycles. The molecule has 0 aromatic carbocycles. The summed E-state index contributed by atoms with van der Waals surface area (Å²) in [5.41, 5.74) is 6.85. The fraction of sp³-hybridized carbons (Fsp3) is 0.0857. The standard InChI is InChI=1S/C19H14FN5.C16H10FN5O/c20-15-10-22-7-5-13(15)14-8-16-19(25-18(23-16)11-3-4-11)24-17(14)12-2-1-6-21-9-12;17-12-8-19-5-3-10(12)11-6-13-15(22-16(23)20-13)21-14(11)9-2-1-4-18-7-9/h1-2,5-11H,3-4H2,(H,23,24,25);1-8H,(H2,20,21,22,23). The van der Waals surface area contributed by atoms with E-state index in [1.807, 2.05) is 24.3 Å². The third-order valence-corrected chi connectivity index (χ3v) is 7.95. The molecule has 1 saturated carbocycles. The third kappa shape index (κ3) is 5.57. The van der Waals surface area contributed by atoms with Crippen molar-refractivity contribution in [3.8, 4) is 44.8 Å². The van der Waals surface area contributed by atoms with Crippen molar-refractivity contribution in [3.05, 3.63) is 126 Å². The fourth-order valence-electron chi connectivity index (χ4n) is 5.52. The molecule has 8 heterocycles. The molecule has 8 aromatic rings. The molecular weight excluding hydrogens is 614 g/mol. The number of aromatic amines is 3. The summed E-state index contributed by atoms with van der Waals surface area (Å²) < 4.78 is 28.6. The summed E-state index contributed by atoms with van der Waals surface area (Å²) in [5.74, 6) is 0.622. The molecule has 3 N–H and O–H groups in total. The number of nitrogens with zero attached hydrogens (tertiary/aromatic N) is 7. The topological polar surface area (TPSA) is 155 Å². The van der Waals surface area contributed by atoms with Crippen LogP contribution in [0, 0.1) is 11.6 Å². The van der Waals surface area contributed by atoms with Gasteiger partial charge in [-0.3, -0.25) is 24.9 Å². The second kappa shape index (κ2) is 12.0. The Morgan fingerprint density at radius 2 is 1.19 bits per heavy atom. The number of H-pyrrole nitrogens is 3. The number of halogens is 2. The molecule has 0 unspecified atom stereocenters. The van der Waals surface area contributed by atoms with Crippen LogP contribution in [0.25, 0.3) is 67.1 Å².